The number of carbonyl (C=O) groups is 2. The van der Waals surface area contributed by atoms with Crippen molar-refractivity contribution >= 4 is 11.9 Å². The van der Waals surface area contributed by atoms with Crippen molar-refractivity contribution in [2.45, 2.75) is 19.6 Å². The SMILES string of the molecule is COC(=O)CCN(Cc1ccccc1)C(=O)c1ccc(COc2ccc(F)cc2)o1. The van der Waals surface area contributed by atoms with Crippen molar-refractivity contribution in [3.05, 3.63) is 89.6 Å². The zero-order chi connectivity index (χ0) is 21.3. The van der Waals surface area contributed by atoms with Crippen LogP contribution in [0.25, 0.3) is 0 Å². The highest BCUT2D eigenvalue weighted by Crippen LogP contribution is 2.17. The summed E-state index contributed by atoms with van der Waals surface area (Å²) in [5, 5.41) is 0. The number of hydrogen-bond acceptors (Lipinski definition) is 5. The number of nitrogens with zero attached hydrogens (tertiary/aromatic N) is 1. The van der Waals surface area contributed by atoms with Gasteiger partial charge in [-0.3, -0.25) is 9.59 Å². The second-order valence-electron chi connectivity index (χ2n) is 6.55. The highest BCUT2D eigenvalue weighted by atomic mass is 19.1. The van der Waals surface area contributed by atoms with Crippen molar-refractivity contribution in [3.63, 3.8) is 0 Å². The first kappa shape index (κ1) is 21.1. The second-order valence-corrected chi connectivity index (χ2v) is 6.55. The second kappa shape index (κ2) is 10.2. The fourth-order valence-electron chi connectivity index (χ4n) is 2.80. The molecule has 0 spiro atoms. The fourth-order valence-corrected chi connectivity index (χ4v) is 2.80. The Hall–Kier alpha value is -3.61. The molecule has 2 aromatic carbocycles. The van der Waals surface area contributed by atoms with Crippen LogP contribution in [0.5, 0.6) is 5.75 Å². The Labute approximate surface area is 173 Å². The molecule has 0 aliphatic heterocycles. The van der Waals surface area contributed by atoms with Crippen LogP contribution in [0, 0.1) is 5.82 Å². The average molecular weight is 411 g/mol. The van der Waals surface area contributed by atoms with Crippen molar-refractivity contribution in [1.82, 2.24) is 4.90 Å². The third kappa shape index (κ3) is 5.94. The predicted octanol–water partition coefficient (Wildman–Crippen LogP) is 4.20. The molecule has 7 heteroatoms. The van der Waals surface area contributed by atoms with Crippen molar-refractivity contribution in [2.75, 3.05) is 13.7 Å². The lowest BCUT2D eigenvalue weighted by molar-refractivity contribution is -0.140. The number of hydrogen-bond donors (Lipinski definition) is 0. The molecule has 0 atom stereocenters. The van der Waals surface area contributed by atoms with Crippen molar-refractivity contribution in [2.24, 2.45) is 0 Å². The Kier molecular flexibility index (Phi) is 7.21. The van der Waals surface area contributed by atoms with Crippen LogP contribution in [0.1, 0.15) is 28.3 Å². The number of halogens is 1. The molecular formula is C23H22FNO5. The van der Waals surface area contributed by atoms with Gasteiger partial charge in [-0.2, -0.15) is 0 Å². The smallest absolute Gasteiger partial charge is 0.307 e. The highest BCUT2D eigenvalue weighted by molar-refractivity contribution is 5.91. The van der Waals surface area contributed by atoms with Gasteiger partial charge >= 0.3 is 5.97 Å². The van der Waals surface area contributed by atoms with Crippen LogP contribution in [0.4, 0.5) is 4.39 Å². The van der Waals surface area contributed by atoms with Gasteiger partial charge in [0.05, 0.1) is 13.5 Å². The lowest BCUT2D eigenvalue weighted by atomic mass is 10.2. The summed E-state index contributed by atoms with van der Waals surface area (Å²) in [6.45, 7) is 0.626. The molecule has 1 aromatic heterocycles. The van der Waals surface area contributed by atoms with Gasteiger partial charge in [-0.1, -0.05) is 30.3 Å². The third-order valence-corrected chi connectivity index (χ3v) is 4.38. The Bertz CT molecular complexity index is 969. The first-order valence-corrected chi connectivity index (χ1v) is 9.42. The van der Waals surface area contributed by atoms with Gasteiger partial charge in [0, 0.05) is 13.1 Å². The largest absolute Gasteiger partial charge is 0.486 e. The normalized spacial score (nSPS) is 10.5. The number of carbonyl (C=O) groups excluding carboxylic acids is 2. The van der Waals surface area contributed by atoms with E-state index in [1.165, 1.54) is 36.3 Å². The number of amides is 1. The summed E-state index contributed by atoms with van der Waals surface area (Å²) >= 11 is 0. The molecule has 0 bridgehead atoms. The number of methoxy groups -OCH3 is 1. The van der Waals surface area contributed by atoms with Gasteiger partial charge < -0.3 is 18.8 Å². The van der Waals surface area contributed by atoms with Crippen molar-refractivity contribution in [3.8, 4) is 5.75 Å². The van der Waals surface area contributed by atoms with E-state index in [1.807, 2.05) is 30.3 Å². The summed E-state index contributed by atoms with van der Waals surface area (Å²) < 4.78 is 28.8. The van der Waals surface area contributed by atoms with Gasteiger partial charge in [-0.25, -0.2) is 4.39 Å². The van der Waals surface area contributed by atoms with Crippen LogP contribution in [0.3, 0.4) is 0 Å². The molecule has 156 valence electrons. The maximum atomic E-state index is 13.0. The van der Waals surface area contributed by atoms with Gasteiger partial charge in [-0.15, -0.1) is 0 Å². The van der Waals surface area contributed by atoms with E-state index in [2.05, 4.69) is 4.74 Å². The summed E-state index contributed by atoms with van der Waals surface area (Å²) in [5.41, 5.74) is 0.933. The lowest BCUT2D eigenvalue weighted by Crippen LogP contribution is -2.32. The molecule has 0 fully saturated rings. The monoisotopic (exact) mass is 411 g/mol. The first-order valence-electron chi connectivity index (χ1n) is 9.42. The number of benzene rings is 2. The Morgan fingerprint density at radius 3 is 2.43 bits per heavy atom. The van der Waals surface area contributed by atoms with Crippen molar-refractivity contribution < 1.29 is 27.9 Å². The van der Waals surface area contributed by atoms with E-state index in [0.29, 0.717) is 18.1 Å². The van der Waals surface area contributed by atoms with E-state index >= 15 is 0 Å². The van der Waals surface area contributed by atoms with Crippen LogP contribution in [0.15, 0.2) is 71.1 Å². The van der Waals surface area contributed by atoms with E-state index < -0.39 is 5.97 Å². The van der Waals surface area contributed by atoms with E-state index in [4.69, 9.17) is 9.15 Å². The summed E-state index contributed by atoms with van der Waals surface area (Å²) in [5.74, 6) is 0.0106. The summed E-state index contributed by atoms with van der Waals surface area (Å²) in [6, 6.07) is 18.3. The molecule has 1 heterocycles. The van der Waals surface area contributed by atoms with Crippen LogP contribution in [-0.2, 0) is 22.7 Å². The van der Waals surface area contributed by atoms with Crippen molar-refractivity contribution in [1.29, 1.82) is 0 Å². The Morgan fingerprint density at radius 2 is 1.73 bits per heavy atom. The minimum atomic E-state index is -0.395. The molecule has 3 aromatic rings. The van der Waals surface area contributed by atoms with Crippen LogP contribution in [0.2, 0.25) is 0 Å². The number of ether oxygens (including phenoxy) is 2. The van der Waals surface area contributed by atoms with E-state index in [1.54, 1.807) is 12.1 Å². The molecular weight excluding hydrogens is 389 g/mol. The quantitative estimate of drug-likeness (QED) is 0.494. The molecule has 0 aliphatic rings. The lowest BCUT2D eigenvalue weighted by Gasteiger charge is -2.21. The predicted molar refractivity (Wildman–Crippen MR) is 107 cm³/mol. The minimum absolute atomic E-state index is 0.0797. The van der Waals surface area contributed by atoms with E-state index in [0.717, 1.165) is 5.56 Å². The van der Waals surface area contributed by atoms with Gasteiger partial charge in [0.1, 0.15) is 23.9 Å². The Balaban J connectivity index is 1.67. The fraction of sp³-hybridized carbons (Fsp3) is 0.217. The standard InChI is InChI=1S/C23H22FNO5/c1-28-22(26)13-14-25(15-17-5-3-2-4-6-17)23(27)21-12-11-20(30-21)16-29-19-9-7-18(24)8-10-19/h2-12H,13-16H2,1H3. The molecule has 0 saturated carbocycles. The maximum Gasteiger partial charge on any atom is 0.307 e. The topological polar surface area (TPSA) is 69.0 Å². The summed E-state index contributed by atoms with van der Waals surface area (Å²) in [6.07, 6.45) is 0.0797. The average Bonchev–Trinajstić information content (AvgIpc) is 3.25. The number of esters is 1. The van der Waals surface area contributed by atoms with Gasteiger partial charge in [0.2, 0.25) is 0 Å². The zero-order valence-electron chi connectivity index (χ0n) is 16.5. The molecule has 30 heavy (non-hydrogen) atoms. The van der Waals surface area contributed by atoms with Crippen LogP contribution in [-0.4, -0.2) is 30.4 Å². The third-order valence-electron chi connectivity index (χ3n) is 4.38. The highest BCUT2D eigenvalue weighted by Gasteiger charge is 2.21. The summed E-state index contributed by atoms with van der Waals surface area (Å²) in [7, 11) is 1.31. The maximum absolute atomic E-state index is 13.0. The zero-order valence-corrected chi connectivity index (χ0v) is 16.5. The number of furan rings is 1. The molecule has 3 rings (SSSR count). The molecule has 0 unspecified atom stereocenters. The van der Waals surface area contributed by atoms with Gasteiger partial charge in [-0.05, 0) is 42.0 Å². The number of rotatable bonds is 9. The molecule has 0 saturated heterocycles. The van der Waals surface area contributed by atoms with Crippen LogP contribution >= 0.6 is 0 Å². The Morgan fingerprint density at radius 1 is 1.00 bits per heavy atom. The molecule has 0 radical (unpaired) electrons. The van der Waals surface area contributed by atoms with E-state index in [9.17, 15) is 14.0 Å². The van der Waals surface area contributed by atoms with E-state index in [-0.39, 0.29) is 37.1 Å². The molecule has 0 N–H and O–H groups in total. The van der Waals surface area contributed by atoms with Gasteiger partial charge in [0.25, 0.3) is 5.91 Å². The summed E-state index contributed by atoms with van der Waals surface area (Å²) in [4.78, 5) is 26.1. The molecule has 0 aliphatic carbocycles. The molecule has 1 amide bonds. The first-order chi connectivity index (χ1) is 14.5. The van der Waals surface area contributed by atoms with Crippen LogP contribution < -0.4 is 4.74 Å². The minimum Gasteiger partial charge on any atom is -0.486 e. The molecule has 6 nitrogen and oxygen atoms in total. The van der Waals surface area contributed by atoms with Gasteiger partial charge in [0.15, 0.2) is 5.76 Å².